The number of H-pyrrole nitrogens is 1. The third-order valence-electron chi connectivity index (χ3n) is 3.48. The number of carbonyl (C=O) groups is 1. The van der Waals surface area contributed by atoms with Gasteiger partial charge in [0, 0.05) is 17.9 Å². The maximum Gasteiger partial charge on any atom is 0.251 e. The van der Waals surface area contributed by atoms with Crippen molar-refractivity contribution >= 4 is 23.7 Å². The molecular formula is C18H19N3O2S. The van der Waals surface area contributed by atoms with E-state index in [9.17, 15) is 9.59 Å². The average Bonchev–Trinajstić information content (AvgIpc) is 3.36. The lowest BCUT2D eigenvalue weighted by atomic mass is 10.2. The average molecular weight is 341 g/mol. The summed E-state index contributed by atoms with van der Waals surface area (Å²) in [6.07, 6.45) is 6.28. The van der Waals surface area contributed by atoms with Crippen LogP contribution in [-0.4, -0.2) is 27.7 Å². The molecule has 0 spiro atoms. The molecule has 3 rings (SSSR count). The quantitative estimate of drug-likeness (QED) is 0.599. The first-order valence-electron chi connectivity index (χ1n) is 7.93. The van der Waals surface area contributed by atoms with Crippen molar-refractivity contribution in [1.29, 1.82) is 0 Å². The minimum Gasteiger partial charge on any atom is -0.353 e. The number of aromatic nitrogens is 2. The van der Waals surface area contributed by atoms with Gasteiger partial charge in [0.1, 0.15) is 0 Å². The molecular weight excluding hydrogens is 322 g/mol. The second-order valence-corrected chi connectivity index (χ2v) is 6.69. The van der Waals surface area contributed by atoms with Crippen LogP contribution in [0.3, 0.4) is 0 Å². The molecule has 0 atom stereocenters. The highest BCUT2D eigenvalue weighted by Crippen LogP contribution is 2.18. The summed E-state index contributed by atoms with van der Waals surface area (Å²) in [7, 11) is 0. The van der Waals surface area contributed by atoms with Crippen LogP contribution in [0.25, 0.3) is 6.08 Å². The van der Waals surface area contributed by atoms with Crippen LogP contribution in [-0.2, 0) is 11.2 Å². The third-order valence-corrected chi connectivity index (χ3v) is 4.31. The highest BCUT2D eigenvalue weighted by atomic mass is 32.2. The zero-order chi connectivity index (χ0) is 16.8. The highest BCUT2D eigenvalue weighted by molar-refractivity contribution is 7.99. The zero-order valence-electron chi connectivity index (χ0n) is 13.2. The van der Waals surface area contributed by atoms with E-state index < -0.39 is 0 Å². The molecule has 1 saturated carbocycles. The van der Waals surface area contributed by atoms with Gasteiger partial charge in [0.2, 0.25) is 5.91 Å². The number of hydrogen-bond acceptors (Lipinski definition) is 4. The fraction of sp³-hybridized carbons (Fsp3) is 0.278. The minimum absolute atomic E-state index is 0.0736. The van der Waals surface area contributed by atoms with E-state index in [4.69, 9.17) is 0 Å². The van der Waals surface area contributed by atoms with Crippen LogP contribution in [0.1, 0.15) is 24.1 Å². The molecule has 1 aliphatic rings. The molecule has 1 aromatic carbocycles. The maximum atomic E-state index is 11.8. The minimum atomic E-state index is -0.228. The third kappa shape index (κ3) is 5.38. The van der Waals surface area contributed by atoms with Crippen molar-refractivity contribution in [3.63, 3.8) is 0 Å². The molecule has 0 unspecified atom stereocenters. The number of thioether (sulfide) groups is 1. The summed E-state index contributed by atoms with van der Waals surface area (Å²) in [5.74, 6) is 0.616. The van der Waals surface area contributed by atoms with Gasteiger partial charge in [0.15, 0.2) is 5.16 Å². The lowest BCUT2D eigenvalue weighted by Gasteiger charge is -2.04. The molecule has 0 aliphatic heterocycles. The van der Waals surface area contributed by atoms with Gasteiger partial charge < -0.3 is 10.3 Å². The molecule has 6 heteroatoms. The Morgan fingerprint density at radius 1 is 1.33 bits per heavy atom. The van der Waals surface area contributed by atoms with Crippen molar-refractivity contribution in [3.8, 4) is 0 Å². The van der Waals surface area contributed by atoms with Crippen LogP contribution in [0.2, 0.25) is 0 Å². The van der Waals surface area contributed by atoms with Gasteiger partial charge in [-0.05, 0) is 18.4 Å². The molecule has 1 aromatic heterocycles. The standard InChI is InChI=1S/C18H19N3O2S/c22-16(19-14-8-9-14)11-15-12-17(23)21-18(20-15)24-10-4-7-13-5-2-1-3-6-13/h1-7,12,14H,8-11H2,(H,19,22)(H,20,21,23)/b7-4+. The summed E-state index contributed by atoms with van der Waals surface area (Å²) in [5.41, 5.74) is 1.41. The summed E-state index contributed by atoms with van der Waals surface area (Å²) >= 11 is 1.44. The lowest BCUT2D eigenvalue weighted by molar-refractivity contribution is -0.120. The predicted octanol–water partition coefficient (Wildman–Crippen LogP) is 2.40. The van der Waals surface area contributed by atoms with Crippen molar-refractivity contribution in [2.24, 2.45) is 0 Å². The summed E-state index contributed by atoms with van der Waals surface area (Å²) < 4.78 is 0. The topological polar surface area (TPSA) is 74.8 Å². The number of benzene rings is 1. The van der Waals surface area contributed by atoms with Crippen LogP contribution >= 0.6 is 11.8 Å². The monoisotopic (exact) mass is 341 g/mol. The van der Waals surface area contributed by atoms with E-state index >= 15 is 0 Å². The zero-order valence-corrected chi connectivity index (χ0v) is 14.0. The molecule has 0 saturated heterocycles. The Kier molecular flexibility index (Phi) is 5.48. The smallest absolute Gasteiger partial charge is 0.251 e. The molecule has 5 nitrogen and oxygen atoms in total. The molecule has 124 valence electrons. The first kappa shape index (κ1) is 16.5. The van der Waals surface area contributed by atoms with E-state index in [2.05, 4.69) is 15.3 Å². The van der Waals surface area contributed by atoms with Crippen LogP contribution in [0.15, 0.2) is 52.4 Å². The molecule has 1 amide bonds. The first-order chi connectivity index (χ1) is 11.7. The summed E-state index contributed by atoms with van der Waals surface area (Å²) in [4.78, 5) is 30.6. The fourth-order valence-corrected chi connectivity index (χ4v) is 2.89. The number of aromatic amines is 1. The second kappa shape index (κ2) is 7.97. The van der Waals surface area contributed by atoms with Crippen molar-refractivity contribution in [2.45, 2.75) is 30.5 Å². The fourth-order valence-electron chi connectivity index (χ4n) is 2.19. The molecule has 0 radical (unpaired) electrons. The van der Waals surface area contributed by atoms with Crippen molar-refractivity contribution in [2.75, 3.05) is 5.75 Å². The summed E-state index contributed by atoms with van der Waals surface area (Å²) in [6.45, 7) is 0. The lowest BCUT2D eigenvalue weighted by Crippen LogP contribution is -2.28. The van der Waals surface area contributed by atoms with Gasteiger partial charge in [-0.25, -0.2) is 4.98 Å². The SMILES string of the molecule is O=C(Cc1cc(=O)[nH]c(SC/C=C/c2ccccc2)n1)NC1CC1. The van der Waals surface area contributed by atoms with Gasteiger partial charge >= 0.3 is 0 Å². The Bertz CT molecular complexity index is 782. The molecule has 1 heterocycles. The highest BCUT2D eigenvalue weighted by Gasteiger charge is 2.23. The van der Waals surface area contributed by atoms with Crippen LogP contribution in [0.5, 0.6) is 0 Å². The van der Waals surface area contributed by atoms with Gasteiger partial charge in [-0.15, -0.1) is 0 Å². The molecule has 0 bridgehead atoms. The molecule has 1 fully saturated rings. The van der Waals surface area contributed by atoms with Crippen molar-refractivity contribution < 1.29 is 4.79 Å². The normalized spacial score (nSPS) is 14.0. The Morgan fingerprint density at radius 3 is 2.88 bits per heavy atom. The number of nitrogens with one attached hydrogen (secondary N) is 2. The Labute approximate surface area is 144 Å². The number of carbonyl (C=O) groups excluding carboxylic acids is 1. The van der Waals surface area contributed by atoms with Gasteiger partial charge in [-0.3, -0.25) is 9.59 Å². The van der Waals surface area contributed by atoms with E-state index in [0.29, 0.717) is 22.6 Å². The first-order valence-corrected chi connectivity index (χ1v) is 8.91. The van der Waals surface area contributed by atoms with Crippen LogP contribution in [0, 0.1) is 0 Å². The predicted molar refractivity (Wildman–Crippen MR) is 95.9 cm³/mol. The van der Waals surface area contributed by atoms with Crippen molar-refractivity contribution in [3.05, 3.63) is 64.1 Å². The summed E-state index contributed by atoms with van der Waals surface area (Å²) in [5, 5.41) is 3.44. The van der Waals surface area contributed by atoms with Gasteiger partial charge in [-0.1, -0.05) is 54.2 Å². The summed E-state index contributed by atoms with van der Waals surface area (Å²) in [6, 6.07) is 11.7. The van der Waals surface area contributed by atoms with Crippen LogP contribution in [0.4, 0.5) is 0 Å². The molecule has 1 aliphatic carbocycles. The van der Waals surface area contributed by atoms with E-state index in [1.165, 1.54) is 17.8 Å². The Hall–Kier alpha value is -2.34. The Morgan fingerprint density at radius 2 is 2.12 bits per heavy atom. The second-order valence-electron chi connectivity index (χ2n) is 5.68. The molecule has 24 heavy (non-hydrogen) atoms. The van der Waals surface area contributed by atoms with Crippen LogP contribution < -0.4 is 10.9 Å². The van der Waals surface area contributed by atoms with Gasteiger partial charge in [0.05, 0.1) is 12.1 Å². The molecule has 2 N–H and O–H groups in total. The Balaban J connectivity index is 1.56. The van der Waals surface area contributed by atoms with Crippen molar-refractivity contribution in [1.82, 2.24) is 15.3 Å². The maximum absolute atomic E-state index is 11.8. The van der Waals surface area contributed by atoms with E-state index in [0.717, 1.165) is 18.4 Å². The number of hydrogen-bond donors (Lipinski definition) is 2. The van der Waals surface area contributed by atoms with Gasteiger partial charge in [0.25, 0.3) is 5.56 Å². The molecule has 2 aromatic rings. The number of amides is 1. The number of rotatable bonds is 7. The van der Waals surface area contributed by atoms with E-state index in [-0.39, 0.29) is 17.9 Å². The number of nitrogens with zero attached hydrogens (tertiary/aromatic N) is 1. The van der Waals surface area contributed by atoms with E-state index in [1.807, 2.05) is 42.5 Å². The van der Waals surface area contributed by atoms with Gasteiger partial charge in [-0.2, -0.15) is 0 Å². The largest absolute Gasteiger partial charge is 0.353 e. The van der Waals surface area contributed by atoms with E-state index in [1.54, 1.807) is 0 Å².